The monoisotopic (exact) mass is 377 g/mol. The Morgan fingerprint density at radius 2 is 1.85 bits per heavy atom. The first-order chi connectivity index (χ1) is 13.0. The van der Waals surface area contributed by atoms with Crippen LogP contribution in [0.1, 0.15) is 44.8 Å². The number of hydrogen-bond donors (Lipinski definition) is 2. The van der Waals surface area contributed by atoms with Crippen molar-refractivity contribution in [2.24, 2.45) is 0 Å². The largest absolute Gasteiger partial charge is 0.478 e. The first-order valence-electron chi connectivity index (χ1n) is 8.34. The lowest BCUT2D eigenvalue weighted by molar-refractivity contribution is -0.112. The second kappa shape index (κ2) is 7.86. The van der Waals surface area contributed by atoms with E-state index in [1.54, 1.807) is 0 Å². The lowest BCUT2D eigenvalue weighted by atomic mass is 9.96. The molecule has 134 valence electrons. The van der Waals surface area contributed by atoms with Crippen molar-refractivity contribution in [2.45, 2.75) is 25.7 Å². The fraction of sp³-hybridized carbons (Fsp3) is 0.200. The topological polar surface area (TPSA) is 114 Å². The number of carboxylic acid groups (broad SMARTS) is 1. The fourth-order valence-electron chi connectivity index (χ4n) is 2.98. The number of carbonyl (C=O) groups excluding carboxylic acids is 1. The van der Waals surface area contributed by atoms with E-state index in [1.807, 2.05) is 6.07 Å². The molecule has 0 aliphatic heterocycles. The molecule has 1 amide bonds. The van der Waals surface area contributed by atoms with Crippen molar-refractivity contribution in [3.63, 3.8) is 0 Å². The number of amides is 1. The molecule has 27 heavy (non-hydrogen) atoms. The number of nitriles is 2. The van der Waals surface area contributed by atoms with E-state index in [4.69, 9.17) is 5.11 Å². The Balaban J connectivity index is 1.84. The number of anilines is 1. The number of nitrogens with zero attached hydrogens (tertiary/aromatic N) is 2. The molecule has 1 heterocycles. The number of aryl methyl sites for hydroxylation is 1. The lowest BCUT2D eigenvalue weighted by Crippen LogP contribution is -2.13. The van der Waals surface area contributed by atoms with Gasteiger partial charge < -0.3 is 10.4 Å². The van der Waals surface area contributed by atoms with Crippen LogP contribution in [-0.2, 0) is 17.6 Å². The van der Waals surface area contributed by atoms with Gasteiger partial charge >= 0.3 is 5.97 Å². The van der Waals surface area contributed by atoms with Crippen molar-refractivity contribution in [3.05, 3.63) is 57.0 Å². The number of carboxylic acids is 1. The van der Waals surface area contributed by atoms with Crippen LogP contribution >= 0.6 is 11.3 Å². The van der Waals surface area contributed by atoms with E-state index >= 15 is 0 Å². The molecule has 1 aliphatic carbocycles. The minimum absolute atomic E-state index is 0.117. The number of fused-ring (bicyclic) bond motifs is 1. The number of rotatable bonds is 4. The van der Waals surface area contributed by atoms with Crippen LogP contribution in [0.3, 0.4) is 0 Å². The summed E-state index contributed by atoms with van der Waals surface area (Å²) in [6.07, 6.45) is 5.23. The highest BCUT2D eigenvalue weighted by Gasteiger charge is 2.22. The van der Waals surface area contributed by atoms with Gasteiger partial charge in [-0.15, -0.1) is 11.3 Å². The molecule has 0 saturated carbocycles. The van der Waals surface area contributed by atoms with E-state index in [1.165, 1.54) is 41.7 Å². The summed E-state index contributed by atoms with van der Waals surface area (Å²) < 4.78 is 0. The quantitative estimate of drug-likeness (QED) is 0.622. The predicted molar refractivity (Wildman–Crippen MR) is 101 cm³/mol. The Morgan fingerprint density at radius 1 is 1.15 bits per heavy atom. The van der Waals surface area contributed by atoms with Crippen LogP contribution in [-0.4, -0.2) is 17.0 Å². The van der Waals surface area contributed by atoms with Gasteiger partial charge in [0.1, 0.15) is 22.7 Å². The van der Waals surface area contributed by atoms with Gasteiger partial charge in [0.05, 0.1) is 11.1 Å². The van der Waals surface area contributed by atoms with Crippen molar-refractivity contribution >= 4 is 34.3 Å². The molecule has 0 saturated heterocycles. The minimum Gasteiger partial charge on any atom is -0.478 e. The maximum Gasteiger partial charge on any atom is 0.335 e. The summed E-state index contributed by atoms with van der Waals surface area (Å²) in [6, 6.07) is 9.89. The molecule has 2 N–H and O–H groups in total. The SMILES string of the molecule is N#C/C(=C\c1ccc(C(=O)O)cc1)C(=O)Nc1sc2c(c1C#N)CCCC2. The highest BCUT2D eigenvalue weighted by molar-refractivity contribution is 7.16. The van der Waals surface area contributed by atoms with Crippen LogP contribution in [0.4, 0.5) is 5.00 Å². The van der Waals surface area contributed by atoms with Crippen molar-refractivity contribution < 1.29 is 14.7 Å². The zero-order chi connectivity index (χ0) is 19.4. The van der Waals surface area contributed by atoms with Gasteiger partial charge in [0.2, 0.25) is 0 Å². The number of carbonyl (C=O) groups is 2. The van der Waals surface area contributed by atoms with E-state index in [0.717, 1.165) is 36.1 Å². The summed E-state index contributed by atoms with van der Waals surface area (Å²) in [5.41, 5.74) is 2.05. The summed E-state index contributed by atoms with van der Waals surface area (Å²) >= 11 is 1.40. The van der Waals surface area contributed by atoms with Crippen LogP contribution < -0.4 is 5.32 Å². The van der Waals surface area contributed by atoms with Crippen LogP contribution in [0.2, 0.25) is 0 Å². The van der Waals surface area contributed by atoms with Crippen LogP contribution in [0.15, 0.2) is 29.8 Å². The van der Waals surface area contributed by atoms with Gasteiger partial charge in [-0.2, -0.15) is 10.5 Å². The van der Waals surface area contributed by atoms with Gasteiger partial charge in [0, 0.05) is 4.88 Å². The maximum absolute atomic E-state index is 12.5. The molecule has 2 aromatic rings. The van der Waals surface area contributed by atoms with Gasteiger partial charge in [-0.1, -0.05) is 12.1 Å². The Bertz CT molecular complexity index is 1020. The molecule has 1 aliphatic rings. The molecule has 0 radical (unpaired) electrons. The van der Waals surface area contributed by atoms with E-state index in [0.29, 0.717) is 16.1 Å². The molecule has 7 heteroatoms. The Morgan fingerprint density at radius 3 is 2.48 bits per heavy atom. The third kappa shape index (κ3) is 3.89. The van der Waals surface area contributed by atoms with Crippen LogP contribution in [0.5, 0.6) is 0 Å². The lowest BCUT2D eigenvalue weighted by Gasteiger charge is -2.09. The van der Waals surface area contributed by atoms with Crippen molar-refractivity contribution in [2.75, 3.05) is 5.32 Å². The summed E-state index contributed by atoms with van der Waals surface area (Å²) in [6.45, 7) is 0. The van der Waals surface area contributed by atoms with E-state index < -0.39 is 11.9 Å². The first kappa shape index (κ1) is 18.4. The third-order valence-electron chi connectivity index (χ3n) is 4.34. The summed E-state index contributed by atoms with van der Waals surface area (Å²) in [4.78, 5) is 24.5. The highest BCUT2D eigenvalue weighted by atomic mass is 32.1. The van der Waals surface area contributed by atoms with Gasteiger partial charge in [0.15, 0.2) is 0 Å². The fourth-order valence-corrected chi connectivity index (χ4v) is 4.21. The molecule has 0 bridgehead atoms. The second-order valence-electron chi connectivity index (χ2n) is 6.08. The molecule has 0 spiro atoms. The molecule has 0 unspecified atom stereocenters. The molecular weight excluding hydrogens is 362 g/mol. The average molecular weight is 377 g/mol. The first-order valence-corrected chi connectivity index (χ1v) is 9.16. The molecule has 1 aromatic carbocycles. The zero-order valence-electron chi connectivity index (χ0n) is 14.3. The zero-order valence-corrected chi connectivity index (χ0v) is 15.1. The summed E-state index contributed by atoms with van der Waals surface area (Å²) in [5, 5.41) is 30.9. The summed E-state index contributed by atoms with van der Waals surface area (Å²) in [7, 11) is 0. The normalized spacial score (nSPS) is 13.2. The number of benzene rings is 1. The van der Waals surface area contributed by atoms with Crippen molar-refractivity contribution in [3.8, 4) is 12.1 Å². The third-order valence-corrected chi connectivity index (χ3v) is 5.55. The van der Waals surface area contributed by atoms with E-state index in [9.17, 15) is 20.1 Å². The Kier molecular flexibility index (Phi) is 5.35. The maximum atomic E-state index is 12.5. The van der Waals surface area contributed by atoms with Crippen LogP contribution in [0, 0.1) is 22.7 Å². The minimum atomic E-state index is -1.05. The number of hydrogen-bond acceptors (Lipinski definition) is 5. The predicted octanol–water partition coefficient (Wildman–Crippen LogP) is 3.74. The summed E-state index contributed by atoms with van der Waals surface area (Å²) in [5.74, 6) is -1.63. The molecule has 1 aromatic heterocycles. The number of thiophene rings is 1. The van der Waals surface area contributed by atoms with Gasteiger partial charge in [-0.3, -0.25) is 4.79 Å². The molecular formula is C20H15N3O3S. The van der Waals surface area contributed by atoms with Crippen LogP contribution in [0.25, 0.3) is 6.08 Å². The Labute approximate surface area is 160 Å². The average Bonchev–Trinajstić information content (AvgIpc) is 3.03. The van der Waals surface area contributed by atoms with E-state index in [-0.39, 0.29) is 11.1 Å². The smallest absolute Gasteiger partial charge is 0.335 e. The number of aromatic carboxylic acids is 1. The number of nitrogens with one attached hydrogen (secondary N) is 1. The molecule has 0 fully saturated rings. The van der Waals surface area contributed by atoms with Gasteiger partial charge in [-0.25, -0.2) is 4.79 Å². The molecule has 6 nitrogen and oxygen atoms in total. The second-order valence-corrected chi connectivity index (χ2v) is 7.18. The standard InChI is InChI=1S/C20H15N3O3S/c21-10-14(9-12-5-7-13(8-6-12)20(25)26)18(24)23-19-16(11-22)15-3-1-2-4-17(15)27-19/h5-9H,1-4H2,(H,23,24)(H,25,26)/b14-9+. The molecule has 3 rings (SSSR count). The van der Waals surface area contributed by atoms with Gasteiger partial charge in [-0.05, 0) is 55.0 Å². The molecule has 0 atom stereocenters. The Hall–Kier alpha value is -3.42. The van der Waals surface area contributed by atoms with Crippen molar-refractivity contribution in [1.82, 2.24) is 0 Å². The highest BCUT2D eigenvalue weighted by Crippen LogP contribution is 2.37. The van der Waals surface area contributed by atoms with Crippen molar-refractivity contribution in [1.29, 1.82) is 10.5 Å². The van der Waals surface area contributed by atoms with E-state index in [2.05, 4.69) is 11.4 Å². The van der Waals surface area contributed by atoms with Gasteiger partial charge in [0.25, 0.3) is 5.91 Å².